The molecule has 152 valence electrons. The normalized spacial score (nSPS) is 19.1. The fourth-order valence-corrected chi connectivity index (χ4v) is 4.76. The molecule has 0 N–H and O–H groups in total. The van der Waals surface area contributed by atoms with Gasteiger partial charge in [-0.05, 0) is 36.0 Å². The van der Waals surface area contributed by atoms with Crippen LogP contribution in [0.4, 0.5) is 5.69 Å². The molecule has 0 bridgehead atoms. The lowest BCUT2D eigenvalue weighted by Crippen LogP contribution is -2.48. The van der Waals surface area contributed by atoms with Crippen LogP contribution in [0.15, 0.2) is 48.7 Å². The summed E-state index contributed by atoms with van der Waals surface area (Å²) in [6.07, 6.45) is 5.98. The maximum Gasteiger partial charge on any atom is 0.172 e. The first-order valence-corrected chi connectivity index (χ1v) is 10.5. The average molecular weight is 392 g/mol. The van der Waals surface area contributed by atoms with E-state index in [1.54, 1.807) is 24.5 Å². The Bertz CT molecular complexity index is 878. The summed E-state index contributed by atoms with van der Waals surface area (Å²) in [5.41, 5.74) is 4.18. The minimum Gasteiger partial charge on any atom is -0.494 e. The van der Waals surface area contributed by atoms with Crippen molar-refractivity contribution in [2.75, 3.05) is 51.3 Å². The maximum atomic E-state index is 5.82. The molecule has 1 fully saturated rings. The molecule has 0 aromatic heterocycles. The highest BCUT2D eigenvalue weighted by Crippen LogP contribution is 2.41. The molecule has 2 aromatic rings. The summed E-state index contributed by atoms with van der Waals surface area (Å²) < 4.78 is 17.1. The van der Waals surface area contributed by atoms with Crippen molar-refractivity contribution in [2.24, 2.45) is 5.92 Å². The van der Waals surface area contributed by atoms with Gasteiger partial charge in [0.2, 0.25) is 0 Å². The molecular weight excluding hydrogens is 364 g/mol. The van der Waals surface area contributed by atoms with E-state index in [9.17, 15) is 0 Å². The predicted molar refractivity (Wildman–Crippen MR) is 114 cm³/mol. The smallest absolute Gasteiger partial charge is 0.172 e. The van der Waals surface area contributed by atoms with Crippen molar-refractivity contribution < 1.29 is 14.2 Å². The summed E-state index contributed by atoms with van der Waals surface area (Å²) in [4.78, 5) is 5.02. The first-order chi connectivity index (χ1) is 14.3. The summed E-state index contributed by atoms with van der Waals surface area (Å²) in [6, 6.07) is 12.9. The lowest BCUT2D eigenvalue weighted by atomic mass is 10.1. The van der Waals surface area contributed by atoms with Crippen LogP contribution < -0.4 is 19.1 Å². The van der Waals surface area contributed by atoms with Crippen LogP contribution in [-0.4, -0.2) is 51.3 Å². The van der Waals surface area contributed by atoms with Gasteiger partial charge in [0.1, 0.15) is 12.4 Å². The molecule has 2 aliphatic heterocycles. The van der Waals surface area contributed by atoms with Crippen LogP contribution in [0.3, 0.4) is 0 Å². The lowest BCUT2D eigenvalue weighted by molar-refractivity contribution is 0.221. The first-order valence-electron chi connectivity index (χ1n) is 10.5. The number of rotatable bonds is 4. The molecule has 1 aliphatic carbocycles. The van der Waals surface area contributed by atoms with E-state index in [1.165, 1.54) is 19.4 Å². The summed E-state index contributed by atoms with van der Waals surface area (Å²) in [6.45, 7) is 5.85. The van der Waals surface area contributed by atoms with Crippen LogP contribution >= 0.6 is 0 Å². The van der Waals surface area contributed by atoms with Crippen LogP contribution in [0.2, 0.25) is 0 Å². The topological polar surface area (TPSA) is 34.2 Å². The van der Waals surface area contributed by atoms with Gasteiger partial charge >= 0.3 is 0 Å². The summed E-state index contributed by atoms with van der Waals surface area (Å²) in [5, 5.41) is 0. The highest BCUT2D eigenvalue weighted by molar-refractivity contribution is 5.66. The van der Waals surface area contributed by atoms with Gasteiger partial charge in [0.15, 0.2) is 11.5 Å². The third-order valence-corrected chi connectivity index (χ3v) is 6.24. The number of hydrogen-bond donors (Lipinski definition) is 0. The van der Waals surface area contributed by atoms with E-state index in [1.807, 2.05) is 12.1 Å². The third-order valence-electron chi connectivity index (χ3n) is 6.24. The van der Waals surface area contributed by atoms with Crippen molar-refractivity contribution in [1.82, 2.24) is 4.90 Å². The zero-order valence-corrected chi connectivity index (χ0v) is 17.0. The second-order valence-corrected chi connectivity index (χ2v) is 8.10. The molecule has 29 heavy (non-hydrogen) atoms. The molecule has 0 amide bonds. The Morgan fingerprint density at radius 2 is 1.76 bits per heavy atom. The molecular formula is C24H28N2O3. The summed E-state index contributed by atoms with van der Waals surface area (Å²) in [5.74, 6) is 3.07. The Morgan fingerprint density at radius 1 is 1.00 bits per heavy atom. The molecule has 1 saturated heterocycles. The number of anilines is 1. The van der Waals surface area contributed by atoms with Gasteiger partial charge in [-0.3, -0.25) is 4.90 Å². The van der Waals surface area contributed by atoms with Gasteiger partial charge in [-0.1, -0.05) is 24.3 Å². The van der Waals surface area contributed by atoms with Crippen molar-refractivity contribution in [1.29, 1.82) is 0 Å². The number of piperazine rings is 1. The van der Waals surface area contributed by atoms with Crippen LogP contribution in [0, 0.1) is 5.92 Å². The minimum absolute atomic E-state index is 0.524. The molecule has 0 radical (unpaired) electrons. The van der Waals surface area contributed by atoms with E-state index in [0.717, 1.165) is 49.3 Å². The molecule has 0 unspecified atom stereocenters. The number of fused-ring (bicyclic) bond motifs is 2. The van der Waals surface area contributed by atoms with Crippen molar-refractivity contribution >= 4 is 5.69 Å². The zero-order valence-electron chi connectivity index (χ0n) is 17.0. The van der Waals surface area contributed by atoms with Gasteiger partial charge in [-0.2, -0.15) is 0 Å². The van der Waals surface area contributed by atoms with E-state index in [2.05, 4.69) is 40.1 Å². The van der Waals surface area contributed by atoms with E-state index in [0.29, 0.717) is 12.4 Å². The Kier molecular flexibility index (Phi) is 5.06. The molecule has 0 spiro atoms. The monoisotopic (exact) mass is 392 g/mol. The van der Waals surface area contributed by atoms with Gasteiger partial charge < -0.3 is 19.1 Å². The first kappa shape index (κ1) is 18.4. The van der Waals surface area contributed by atoms with E-state index in [-0.39, 0.29) is 0 Å². The van der Waals surface area contributed by atoms with Gasteiger partial charge in [0, 0.05) is 44.9 Å². The minimum atomic E-state index is 0.524. The third kappa shape index (κ3) is 3.79. The number of nitrogens with zero attached hydrogens (tertiary/aromatic N) is 2. The Labute approximate surface area is 172 Å². The highest BCUT2D eigenvalue weighted by Gasteiger charge is 2.27. The molecule has 3 aliphatic rings. The molecule has 5 heteroatoms. The molecule has 5 rings (SSSR count). The summed E-state index contributed by atoms with van der Waals surface area (Å²) in [7, 11) is 1.71. The zero-order chi connectivity index (χ0) is 19.6. The van der Waals surface area contributed by atoms with Crippen molar-refractivity contribution in [2.45, 2.75) is 12.8 Å². The fourth-order valence-electron chi connectivity index (χ4n) is 4.76. The Morgan fingerprint density at radius 3 is 2.48 bits per heavy atom. The van der Waals surface area contributed by atoms with Crippen molar-refractivity contribution in [3.05, 3.63) is 59.9 Å². The van der Waals surface area contributed by atoms with E-state index < -0.39 is 0 Å². The van der Waals surface area contributed by atoms with Crippen LogP contribution in [0.1, 0.15) is 11.1 Å². The highest BCUT2D eigenvalue weighted by atomic mass is 16.5. The largest absolute Gasteiger partial charge is 0.494 e. The van der Waals surface area contributed by atoms with Crippen LogP contribution in [0.25, 0.3) is 0 Å². The van der Waals surface area contributed by atoms with Crippen molar-refractivity contribution in [3.8, 4) is 17.2 Å². The Hall–Kier alpha value is -2.66. The van der Waals surface area contributed by atoms with E-state index in [4.69, 9.17) is 14.2 Å². The molecule has 2 heterocycles. The molecule has 2 aromatic carbocycles. The SMILES string of the molecule is COc1cc2c(cc1N1CCN(CC3Cc4ccccc4C3)CC1)OCC=CO2. The molecule has 0 saturated carbocycles. The number of methoxy groups -OCH3 is 1. The van der Waals surface area contributed by atoms with Gasteiger partial charge in [-0.15, -0.1) is 0 Å². The number of hydrogen-bond acceptors (Lipinski definition) is 5. The van der Waals surface area contributed by atoms with Crippen molar-refractivity contribution in [3.63, 3.8) is 0 Å². The van der Waals surface area contributed by atoms with Gasteiger partial charge in [-0.25, -0.2) is 0 Å². The van der Waals surface area contributed by atoms with Gasteiger partial charge in [0.05, 0.1) is 19.1 Å². The Balaban J connectivity index is 1.23. The predicted octanol–water partition coefficient (Wildman–Crippen LogP) is 3.52. The molecule has 0 atom stereocenters. The average Bonchev–Trinajstić information content (AvgIpc) is 3.02. The fraction of sp³-hybridized carbons (Fsp3) is 0.417. The quantitative estimate of drug-likeness (QED) is 0.795. The lowest BCUT2D eigenvalue weighted by Gasteiger charge is -2.37. The van der Waals surface area contributed by atoms with Gasteiger partial charge in [0.25, 0.3) is 0 Å². The second kappa shape index (κ2) is 7.99. The van der Waals surface area contributed by atoms with Crippen LogP contribution in [-0.2, 0) is 12.8 Å². The van der Waals surface area contributed by atoms with E-state index >= 15 is 0 Å². The number of benzene rings is 2. The number of ether oxygens (including phenoxy) is 3. The molecule has 5 nitrogen and oxygen atoms in total. The standard InChI is InChI=1S/C24H28N2O3/c1-27-22-16-24-23(28-11-4-12-29-24)15-21(22)26-9-7-25(8-10-26)17-18-13-19-5-2-3-6-20(19)14-18/h2-6,12,15-16,18H,7-11,13-14,17H2,1H3. The van der Waals surface area contributed by atoms with Crippen LogP contribution in [0.5, 0.6) is 17.2 Å². The maximum absolute atomic E-state index is 5.82. The second-order valence-electron chi connectivity index (χ2n) is 8.10. The summed E-state index contributed by atoms with van der Waals surface area (Å²) >= 11 is 0.